The van der Waals surface area contributed by atoms with Crippen molar-refractivity contribution in [2.45, 2.75) is 18.3 Å². The van der Waals surface area contributed by atoms with E-state index in [4.69, 9.17) is 5.11 Å². The summed E-state index contributed by atoms with van der Waals surface area (Å²) < 4.78 is 90.7. The van der Waals surface area contributed by atoms with E-state index in [1.165, 1.54) is 0 Å². The number of rotatable bonds is 11. The van der Waals surface area contributed by atoms with Crippen molar-refractivity contribution in [2.24, 2.45) is 0 Å². The molecule has 0 aliphatic heterocycles. The van der Waals surface area contributed by atoms with Gasteiger partial charge in [0.1, 0.15) is 26.4 Å². The molecule has 1 N–H and O–H groups in total. The second-order valence-corrected chi connectivity index (χ2v) is 3.60. The lowest BCUT2D eigenvalue weighted by Gasteiger charge is -2.24. The minimum absolute atomic E-state index is 0.589. The summed E-state index contributed by atoms with van der Waals surface area (Å²) in [5.74, 6) is -1.59. The molecule has 21 heavy (non-hydrogen) atoms. The van der Waals surface area contributed by atoms with Gasteiger partial charge in [0.15, 0.2) is 0 Å². The molecule has 0 bridgehead atoms. The lowest BCUT2D eigenvalue weighted by molar-refractivity contribution is -0.396. The first-order chi connectivity index (χ1) is 9.39. The van der Waals surface area contributed by atoms with Gasteiger partial charge in [-0.15, -0.1) is 0 Å². The second-order valence-electron chi connectivity index (χ2n) is 3.60. The highest BCUT2D eigenvalue weighted by molar-refractivity contribution is 5.67. The third kappa shape index (κ3) is 10.3. The molecule has 0 amide bonds. The average molecular weight is 330 g/mol. The smallest absolute Gasteiger partial charge is 0.383 e. The molecule has 12 heteroatoms. The summed E-state index contributed by atoms with van der Waals surface area (Å²) in [6, 6.07) is 0. The maximum Gasteiger partial charge on any atom is 0.383 e. The van der Waals surface area contributed by atoms with Crippen LogP contribution in [0.4, 0.5) is 26.3 Å². The van der Waals surface area contributed by atoms with Crippen molar-refractivity contribution < 1.29 is 55.2 Å². The Labute approximate surface area is 114 Å². The normalized spacial score (nSPS) is 13.5. The van der Waals surface area contributed by atoms with Gasteiger partial charge in [0.25, 0.3) is 0 Å². The first-order valence-corrected chi connectivity index (χ1v) is 5.15. The molecular formula is C9H12F6O6. The summed E-state index contributed by atoms with van der Waals surface area (Å²) in [7, 11) is 0.589. The van der Waals surface area contributed by atoms with Crippen LogP contribution in [0.1, 0.15) is 0 Å². The summed E-state index contributed by atoms with van der Waals surface area (Å²) in [6.45, 7) is -6.39. The van der Waals surface area contributed by atoms with Gasteiger partial charge in [-0.1, -0.05) is 0 Å². The molecule has 126 valence electrons. The van der Waals surface area contributed by atoms with Crippen LogP contribution < -0.4 is 0 Å². The van der Waals surface area contributed by atoms with Gasteiger partial charge >= 0.3 is 24.3 Å². The Hall–Kier alpha value is -1.11. The first-order valence-electron chi connectivity index (χ1n) is 5.15. The van der Waals surface area contributed by atoms with Gasteiger partial charge in [0, 0.05) is 7.11 Å². The predicted octanol–water partition coefficient (Wildman–Crippen LogP) is 1.55. The van der Waals surface area contributed by atoms with Gasteiger partial charge in [-0.25, -0.2) is 4.79 Å². The molecule has 0 heterocycles. The average Bonchev–Trinajstić information content (AvgIpc) is 2.25. The topological polar surface area (TPSA) is 74.2 Å². The number of carboxylic acids is 1. The van der Waals surface area contributed by atoms with Gasteiger partial charge in [-0.2, -0.15) is 26.3 Å². The van der Waals surface area contributed by atoms with Gasteiger partial charge < -0.3 is 19.3 Å². The summed E-state index contributed by atoms with van der Waals surface area (Å²) in [6.07, 6.45) is -13.0. The Bertz CT molecular complexity index is 337. The van der Waals surface area contributed by atoms with Crippen LogP contribution in [-0.2, 0) is 23.7 Å². The molecule has 0 fully saturated rings. The summed E-state index contributed by atoms with van der Waals surface area (Å²) in [5.41, 5.74) is 0. The maximum absolute atomic E-state index is 12.9. The largest absolute Gasteiger partial charge is 0.480 e. The molecule has 0 aromatic heterocycles. The molecule has 0 saturated carbocycles. The Morgan fingerprint density at radius 2 is 1.33 bits per heavy atom. The summed E-state index contributed by atoms with van der Waals surface area (Å²) >= 11 is 0. The third-order valence-corrected chi connectivity index (χ3v) is 1.63. The summed E-state index contributed by atoms with van der Waals surface area (Å²) in [4.78, 5) is 9.97. The fourth-order valence-corrected chi connectivity index (χ4v) is 0.882. The lowest BCUT2D eigenvalue weighted by atomic mass is 10.6. The van der Waals surface area contributed by atoms with Crippen LogP contribution >= 0.6 is 0 Å². The number of carbonyl (C=O) groups is 1. The van der Waals surface area contributed by atoms with E-state index >= 15 is 0 Å². The maximum atomic E-state index is 12.9. The highest BCUT2D eigenvalue weighted by atomic mass is 19.3. The van der Waals surface area contributed by atoms with Gasteiger partial charge in [0.2, 0.25) is 0 Å². The molecule has 0 aromatic carbocycles. The van der Waals surface area contributed by atoms with Crippen molar-refractivity contribution in [3.05, 3.63) is 0 Å². The van der Waals surface area contributed by atoms with Crippen molar-refractivity contribution in [1.82, 2.24) is 0 Å². The molecule has 0 atom stereocenters. The number of alkyl halides is 6. The Morgan fingerprint density at radius 1 is 0.905 bits per heavy atom. The van der Waals surface area contributed by atoms with Crippen LogP contribution in [-0.4, -0.2) is 62.9 Å². The highest BCUT2D eigenvalue weighted by Gasteiger charge is 2.45. The minimum Gasteiger partial charge on any atom is -0.480 e. The van der Waals surface area contributed by atoms with Crippen molar-refractivity contribution >= 4 is 5.97 Å². The highest BCUT2D eigenvalue weighted by Crippen LogP contribution is 2.28. The van der Waals surface area contributed by atoms with Crippen LogP contribution in [0.25, 0.3) is 0 Å². The molecule has 0 radical (unpaired) electrons. The number of carboxylic acid groups (broad SMARTS) is 1. The molecule has 6 nitrogen and oxygen atoms in total. The Morgan fingerprint density at radius 3 is 1.76 bits per heavy atom. The number of hydrogen-bond donors (Lipinski definition) is 1. The van der Waals surface area contributed by atoms with Crippen LogP contribution in [0.15, 0.2) is 0 Å². The molecule has 0 saturated heterocycles. The van der Waals surface area contributed by atoms with Crippen molar-refractivity contribution in [3.8, 4) is 0 Å². The molecule has 0 spiro atoms. The number of aliphatic carboxylic acids is 1. The molecule has 0 aliphatic rings. The van der Waals surface area contributed by atoms with Gasteiger partial charge in [-0.3, -0.25) is 4.74 Å². The van der Waals surface area contributed by atoms with E-state index in [0.717, 1.165) is 0 Å². The molecule has 0 rings (SSSR count). The Kier molecular flexibility index (Phi) is 7.36. The fourth-order valence-electron chi connectivity index (χ4n) is 0.882. The van der Waals surface area contributed by atoms with Crippen LogP contribution in [0.5, 0.6) is 0 Å². The number of ether oxygens (including phenoxy) is 4. The van der Waals surface area contributed by atoms with E-state index in [9.17, 15) is 31.1 Å². The minimum atomic E-state index is -4.60. The third-order valence-electron chi connectivity index (χ3n) is 1.63. The monoisotopic (exact) mass is 330 g/mol. The standard InChI is InChI=1S/C9H12F6O6/c1-18-7(10,11)3-20-5-9(14,15)21-8(12,13)4-19-2-6(16)17/h2-5H2,1H3,(H,16,17). The number of methoxy groups -OCH3 is 1. The predicted molar refractivity (Wildman–Crippen MR) is 52.2 cm³/mol. The Balaban J connectivity index is 4.21. The van der Waals surface area contributed by atoms with E-state index in [1.807, 2.05) is 0 Å². The first kappa shape index (κ1) is 19.9. The number of hydrogen-bond acceptors (Lipinski definition) is 5. The van der Waals surface area contributed by atoms with Crippen LogP contribution in [0.2, 0.25) is 0 Å². The van der Waals surface area contributed by atoms with Gasteiger partial charge in [-0.05, 0) is 0 Å². The quantitative estimate of drug-likeness (QED) is 0.580. The van der Waals surface area contributed by atoms with Crippen LogP contribution in [0.3, 0.4) is 0 Å². The van der Waals surface area contributed by atoms with Crippen LogP contribution in [0, 0.1) is 0 Å². The molecule has 0 unspecified atom stereocenters. The van der Waals surface area contributed by atoms with Gasteiger partial charge in [0.05, 0.1) is 0 Å². The molecule has 0 aromatic rings. The SMILES string of the molecule is COC(F)(F)COCC(F)(F)OC(F)(F)COCC(=O)O. The van der Waals surface area contributed by atoms with Crippen molar-refractivity contribution in [2.75, 3.05) is 33.5 Å². The van der Waals surface area contributed by atoms with Crippen molar-refractivity contribution in [1.29, 1.82) is 0 Å². The zero-order chi connectivity index (χ0) is 16.7. The van der Waals surface area contributed by atoms with E-state index in [2.05, 4.69) is 18.9 Å². The summed E-state index contributed by atoms with van der Waals surface area (Å²) in [5, 5.41) is 8.10. The zero-order valence-corrected chi connectivity index (χ0v) is 10.6. The lowest BCUT2D eigenvalue weighted by Crippen LogP contribution is -2.41. The molecule has 0 aliphatic carbocycles. The number of halogens is 6. The van der Waals surface area contributed by atoms with E-state index < -0.39 is 50.7 Å². The second kappa shape index (κ2) is 7.77. The zero-order valence-electron chi connectivity index (χ0n) is 10.6. The van der Waals surface area contributed by atoms with E-state index in [0.29, 0.717) is 7.11 Å². The van der Waals surface area contributed by atoms with E-state index in [-0.39, 0.29) is 0 Å². The van der Waals surface area contributed by atoms with Crippen molar-refractivity contribution in [3.63, 3.8) is 0 Å². The molecular weight excluding hydrogens is 318 g/mol. The van der Waals surface area contributed by atoms with E-state index in [1.54, 1.807) is 0 Å². The fraction of sp³-hybridized carbons (Fsp3) is 0.889.